The van der Waals surface area contributed by atoms with E-state index in [4.69, 9.17) is 4.84 Å². The Morgan fingerprint density at radius 2 is 1.71 bits per heavy atom. The Hall–Kier alpha value is -3.94. The van der Waals surface area contributed by atoms with Gasteiger partial charge in [0.1, 0.15) is 6.04 Å². The summed E-state index contributed by atoms with van der Waals surface area (Å²) in [5.41, 5.74) is 7.80. The molecule has 1 aliphatic rings. The van der Waals surface area contributed by atoms with Crippen molar-refractivity contribution in [3.05, 3.63) is 107 Å². The molecule has 3 N–H and O–H groups in total. The van der Waals surface area contributed by atoms with Crippen LogP contribution in [0.4, 0.5) is 0 Å². The molecule has 1 aliphatic heterocycles. The molecule has 0 fully saturated rings. The van der Waals surface area contributed by atoms with Crippen LogP contribution in [0.1, 0.15) is 34.0 Å². The van der Waals surface area contributed by atoms with Crippen molar-refractivity contribution in [3.63, 3.8) is 0 Å². The molecular weight excluding hydrogens is 442 g/mol. The lowest BCUT2D eigenvalue weighted by atomic mass is 9.99. The Morgan fingerprint density at radius 3 is 2.40 bits per heavy atom. The maximum absolute atomic E-state index is 13.4. The topological polar surface area (TPSA) is 90.9 Å². The Morgan fingerprint density at radius 1 is 1.03 bits per heavy atom. The third-order valence-corrected chi connectivity index (χ3v) is 6.06. The molecule has 0 saturated heterocycles. The number of carbonyl (C=O) groups excluding carboxylic acids is 2. The van der Waals surface area contributed by atoms with Gasteiger partial charge in [-0.2, -0.15) is 0 Å². The van der Waals surface area contributed by atoms with Gasteiger partial charge in [0.25, 0.3) is 5.91 Å². The number of hydroxylamine groups is 1. The molecule has 2 unspecified atom stereocenters. The molecule has 0 spiro atoms. The maximum atomic E-state index is 13.4. The van der Waals surface area contributed by atoms with E-state index in [0.717, 1.165) is 16.7 Å². The van der Waals surface area contributed by atoms with Crippen LogP contribution in [-0.2, 0) is 9.63 Å². The summed E-state index contributed by atoms with van der Waals surface area (Å²) in [6.07, 6.45) is 1.02. The number of aliphatic hydroxyl groups excluding tert-OH is 1. The van der Waals surface area contributed by atoms with E-state index in [0.29, 0.717) is 16.8 Å². The van der Waals surface area contributed by atoms with Crippen LogP contribution in [0.2, 0.25) is 0 Å². The Labute approximate surface area is 205 Å². The fraction of sp³-hybridized carbons (Fsp3) is 0.214. The van der Waals surface area contributed by atoms with Crippen molar-refractivity contribution in [2.45, 2.75) is 25.5 Å². The highest BCUT2D eigenvalue weighted by molar-refractivity contribution is 5.99. The van der Waals surface area contributed by atoms with Gasteiger partial charge in [0.15, 0.2) is 0 Å². The molecule has 2 amide bonds. The first-order valence-electron chi connectivity index (χ1n) is 11.5. The number of benzene rings is 3. The average Bonchev–Trinajstić information content (AvgIpc) is 3.32. The number of hydrogen-bond acceptors (Lipinski definition) is 5. The molecular formula is C28H29N3O4. The summed E-state index contributed by atoms with van der Waals surface area (Å²) in [6, 6.07) is 23.8. The van der Waals surface area contributed by atoms with Crippen LogP contribution in [0.15, 0.2) is 90.8 Å². The summed E-state index contributed by atoms with van der Waals surface area (Å²) < 4.78 is 0. The average molecular weight is 472 g/mol. The molecule has 35 heavy (non-hydrogen) atoms. The minimum Gasteiger partial charge on any atom is -0.387 e. The molecule has 7 heteroatoms. The van der Waals surface area contributed by atoms with Crippen molar-refractivity contribution >= 4 is 11.8 Å². The van der Waals surface area contributed by atoms with Crippen LogP contribution in [-0.4, -0.2) is 41.5 Å². The van der Waals surface area contributed by atoms with Crippen LogP contribution in [0.25, 0.3) is 11.1 Å². The molecule has 3 aromatic rings. The highest BCUT2D eigenvalue weighted by Gasteiger charge is 2.35. The molecule has 0 saturated carbocycles. The molecule has 1 heterocycles. The molecule has 2 atom stereocenters. The predicted octanol–water partition coefficient (Wildman–Crippen LogP) is 3.72. The van der Waals surface area contributed by atoms with Gasteiger partial charge in [0, 0.05) is 24.7 Å². The van der Waals surface area contributed by atoms with Gasteiger partial charge in [0.05, 0.1) is 18.9 Å². The standard InChI is InChI=1S/C28H29N3O4/c1-19-8-6-7-11-24(19)20-12-14-22(15-13-20)28(34)31-18-23(30-35-2)16-25(31)27(33)29-17-26(32)21-9-4-3-5-10-21/h3-15,18,25-26,30,32H,16-17H2,1-2H3,(H,29,33). The number of nitrogens with one attached hydrogen (secondary N) is 2. The lowest BCUT2D eigenvalue weighted by molar-refractivity contribution is -0.125. The normalized spacial score (nSPS) is 15.9. The van der Waals surface area contributed by atoms with Crippen LogP contribution in [0, 0.1) is 6.92 Å². The van der Waals surface area contributed by atoms with Crippen molar-refractivity contribution in [3.8, 4) is 11.1 Å². The molecule has 0 aliphatic carbocycles. The molecule has 0 radical (unpaired) electrons. The first-order valence-corrected chi connectivity index (χ1v) is 11.5. The van der Waals surface area contributed by atoms with E-state index in [-0.39, 0.29) is 24.8 Å². The fourth-order valence-corrected chi connectivity index (χ4v) is 4.18. The minimum absolute atomic E-state index is 0.0412. The van der Waals surface area contributed by atoms with Crippen molar-refractivity contribution in [1.29, 1.82) is 0 Å². The summed E-state index contributed by atoms with van der Waals surface area (Å²) in [4.78, 5) is 32.8. The molecule has 0 aromatic heterocycles. The minimum atomic E-state index is -0.843. The highest BCUT2D eigenvalue weighted by atomic mass is 16.6. The van der Waals surface area contributed by atoms with Crippen molar-refractivity contribution in [2.24, 2.45) is 0 Å². The van der Waals surface area contributed by atoms with Crippen LogP contribution in [0.3, 0.4) is 0 Å². The molecule has 3 aromatic carbocycles. The zero-order chi connectivity index (χ0) is 24.8. The third-order valence-electron chi connectivity index (χ3n) is 6.06. The summed E-state index contributed by atoms with van der Waals surface area (Å²) in [7, 11) is 1.47. The number of nitrogens with zero attached hydrogens (tertiary/aromatic N) is 1. The van der Waals surface area contributed by atoms with E-state index >= 15 is 0 Å². The van der Waals surface area contributed by atoms with Crippen molar-refractivity contribution in [2.75, 3.05) is 13.7 Å². The summed E-state index contributed by atoms with van der Waals surface area (Å²) in [5.74, 6) is -0.646. The van der Waals surface area contributed by atoms with E-state index in [2.05, 4.69) is 10.8 Å². The molecule has 4 rings (SSSR count). The van der Waals surface area contributed by atoms with Gasteiger partial charge in [0.2, 0.25) is 5.91 Å². The number of hydrogen-bond donors (Lipinski definition) is 3. The fourth-order valence-electron chi connectivity index (χ4n) is 4.18. The van der Waals surface area contributed by atoms with E-state index in [1.807, 2.05) is 61.5 Å². The zero-order valence-corrected chi connectivity index (χ0v) is 19.8. The summed E-state index contributed by atoms with van der Waals surface area (Å²) >= 11 is 0. The highest BCUT2D eigenvalue weighted by Crippen LogP contribution is 2.26. The summed E-state index contributed by atoms with van der Waals surface area (Å²) in [6.45, 7) is 2.09. The van der Waals surface area contributed by atoms with Gasteiger partial charge >= 0.3 is 0 Å². The number of rotatable bonds is 8. The molecule has 7 nitrogen and oxygen atoms in total. The number of aryl methyl sites for hydroxylation is 1. The van der Waals surface area contributed by atoms with Crippen LogP contribution in [0.5, 0.6) is 0 Å². The second kappa shape index (κ2) is 11.0. The van der Waals surface area contributed by atoms with Gasteiger partial charge in [-0.15, -0.1) is 0 Å². The second-order valence-corrected chi connectivity index (χ2v) is 8.46. The first-order chi connectivity index (χ1) is 17.0. The number of aliphatic hydroxyl groups is 1. The van der Waals surface area contributed by atoms with E-state index in [1.165, 1.54) is 12.0 Å². The maximum Gasteiger partial charge on any atom is 0.258 e. The largest absolute Gasteiger partial charge is 0.387 e. The van der Waals surface area contributed by atoms with Crippen molar-refractivity contribution in [1.82, 2.24) is 15.7 Å². The van der Waals surface area contributed by atoms with Gasteiger partial charge < -0.3 is 15.3 Å². The number of carbonyl (C=O) groups is 2. The lowest BCUT2D eigenvalue weighted by Crippen LogP contribution is -2.45. The zero-order valence-electron chi connectivity index (χ0n) is 19.8. The SMILES string of the molecule is CONC1=CN(C(=O)c2ccc(-c3ccccc3C)cc2)C(C(=O)NCC(O)c2ccccc2)C1. The Bertz CT molecular complexity index is 1210. The van der Waals surface area contributed by atoms with Crippen molar-refractivity contribution < 1.29 is 19.5 Å². The van der Waals surface area contributed by atoms with Crippen LogP contribution < -0.4 is 10.8 Å². The Balaban J connectivity index is 1.48. The molecule has 180 valence electrons. The monoisotopic (exact) mass is 471 g/mol. The predicted molar refractivity (Wildman–Crippen MR) is 134 cm³/mol. The van der Waals surface area contributed by atoms with Crippen LogP contribution >= 0.6 is 0 Å². The Kier molecular flexibility index (Phi) is 7.60. The van der Waals surface area contributed by atoms with E-state index < -0.39 is 12.1 Å². The second-order valence-electron chi connectivity index (χ2n) is 8.46. The van der Waals surface area contributed by atoms with E-state index in [9.17, 15) is 14.7 Å². The lowest BCUT2D eigenvalue weighted by Gasteiger charge is -2.23. The molecule has 0 bridgehead atoms. The van der Waals surface area contributed by atoms with Gasteiger partial charge in [-0.05, 0) is 41.3 Å². The smallest absolute Gasteiger partial charge is 0.258 e. The third kappa shape index (κ3) is 5.59. The number of amides is 2. The van der Waals surface area contributed by atoms with Gasteiger partial charge in [-0.1, -0.05) is 66.7 Å². The first kappa shape index (κ1) is 24.2. The van der Waals surface area contributed by atoms with Gasteiger partial charge in [-0.25, -0.2) is 0 Å². The van der Waals surface area contributed by atoms with Gasteiger partial charge in [-0.3, -0.25) is 19.9 Å². The van der Waals surface area contributed by atoms with E-state index in [1.54, 1.807) is 30.5 Å². The summed E-state index contributed by atoms with van der Waals surface area (Å²) in [5, 5.41) is 13.2. The quantitative estimate of drug-likeness (QED) is 0.436.